The summed E-state index contributed by atoms with van der Waals surface area (Å²) in [6, 6.07) is 8.20. The Morgan fingerprint density at radius 3 is 2.61 bits per heavy atom. The van der Waals surface area contributed by atoms with E-state index >= 15 is 0 Å². The van der Waals surface area contributed by atoms with E-state index < -0.39 is 27.6 Å². The first-order valence-electron chi connectivity index (χ1n) is 10.6. The van der Waals surface area contributed by atoms with Gasteiger partial charge in [0.2, 0.25) is 21.9 Å². The van der Waals surface area contributed by atoms with Crippen molar-refractivity contribution in [1.82, 2.24) is 15.0 Å². The number of carbonyl (C=O) groups excluding carboxylic acids is 1. The first kappa shape index (κ1) is 25.2. The fourth-order valence-electron chi connectivity index (χ4n) is 3.54. The number of nitrogens with one attached hydrogen (secondary N) is 3. The van der Waals surface area contributed by atoms with E-state index in [2.05, 4.69) is 30.9 Å². The summed E-state index contributed by atoms with van der Waals surface area (Å²) < 4.78 is 65.5. The van der Waals surface area contributed by atoms with Crippen molar-refractivity contribution in [2.24, 2.45) is 0 Å². The van der Waals surface area contributed by atoms with Crippen LogP contribution in [0.1, 0.15) is 22.4 Å². The number of hydrogen-bond acceptors (Lipinski definition) is 8. The SMILES string of the molecule is Cc1cc(CNc2nc(Nc3ccc4c(c3)CC(=O)N4)ncc2C(F)(F)F)nc(N(C)S(C)(=O)=O)c1. The molecule has 3 aromatic rings. The van der Waals surface area contributed by atoms with E-state index in [-0.39, 0.29) is 30.6 Å². The second-order valence-electron chi connectivity index (χ2n) is 8.25. The summed E-state index contributed by atoms with van der Waals surface area (Å²) in [6.45, 7) is 1.57. The van der Waals surface area contributed by atoms with Gasteiger partial charge in [0.15, 0.2) is 0 Å². The zero-order valence-electron chi connectivity index (χ0n) is 19.4. The van der Waals surface area contributed by atoms with Gasteiger partial charge in [-0.05, 0) is 48.4 Å². The van der Waals surface area contributed by atoms with Gasteiger partial charge in [0, 0.05) is 24.6 Å². The van der Waals surface area contributed by atoms with E-state index in [0.29, 0.717) is 28.8 Å². The summed E-state index contributed by atoms with van der Waals surface area (Å²) in [7, 11) is -2.24. The lowest BCUT2D eigenvalue weighted by molar-refractivity contribution is -0.137. The molecular weight excluding hydrogens is 499 g/mol. The minimum absolute atomic E-state index is 0.0857. The Morgan fingerprint density at radius 2 is 1.92 bits per heavy atom. The minimum Gasteiger partial charge on any atom is -0.364 e. The maximum absolute atomic E-state index is 13.6. The second kappa shape index (κ2) is 9.26. The highest BCUT2D eigenvalue weighted by atomic mass is 32.2. The van der Waals surface area contributed by atoms with E-state index in [1.54, 1.807) is 37.3 Å². The van der Waals surface area contributed by atoms with Crippen LogP contribution in [0, 0.1) is 6.92 Å². The van der Waals surface area contributed by atoms with Gasteiger partial charge in [-0.15, -0.1) is 0 Å². The second-order valence-corrected chi connectivity index (χ2v) is 10.3. The number of aromatic nitrogens is 3. The lowest BCUT2D eigenvalue weighted by atomic mass is 10.1. The summed E-state index contributed by atoms with van der Waals surface area (Å²) in [5, 5.41) is 8.21. The molecule has 0 saturated heterocycles. The number of fused-ring (bicyclic) bond motifs is 1. The van der Waals surface area contributed by atoms with Gasteiger partial charge in [0.05, 0.1) is 24.9 Å². The molecule has 4 rings (SSSR count). The van der Waals surface area contributed by atoms with E-state index in [9.17, 15) is 26.4 Å². The Kier molecular flexibility index (Phi) is 6.47. The van der Waals surface area contributed by atoms with E-state index in [4.69, 9.17) is 0 Å². The first-order valence-corrected chi connectivity index (χ1v) is 12.4. The molecule has 0 atom stereocenters. The highest BCUT2D eigenvalue weighted by Gasteiger charge is 2.35. The topological polar surface area (TPSA) is 129 Å². The van der Waals surface area contributed by atoms with Crippen LogP contribution in [-0.4, -0.2) is 42.6 Å². The number of anilines is 5. The van der Waals surface area contributed by atoms with Crippen LogP contribution in [0.3, 0.4) is 0 Å². The van der Waals surface area contributed by atoms with E-state index in [1.165, 1.54) is 7.05 Å². The van der Waals surface area contributed by atoms with Crippen LogP contribution >= 0.6 is 0 Å². The van der Waals surface area contributed by atoms with Crippen LogP contribution in [0.5, 0.6) is 0 Å². The molecule has 0 unspecified atom stereocenters. The van der Waals surface area contributed by atoms with Gasteiger partial charge in [-0.25, -0.2) is 18.4 Å². The van der Waals surface area contributed by atoms with Crippen molar-refractivity contribution in [3.05, 3.63) is 58.9 Å². The number of sulfonamides is 1. The zero-order chi connectivity index (χ0) is 26.3. The van der Waals surface area contributed by atoms with Crippen LogP contribution in [-0.2, 0) is 34.0 Å². The van der Waals surface area contributed by atoms with Gasteiger partial charge in [-0.1, -0.05) is 0 Å². The number of nitrogens with zero attached hydrogens (tertiary/aromatic N) is 4. The van der Waals surface area contributed by atoms with E-state index in [0.717, 1.165) is 16.1 Å². The van der Waals surface area contributed by atoms with E-state index in [1.807, 2.05) is 0 Å². The number of pyridine rings is 1. The quantitative estimate of drug-likeness (QED) is 0.431. The fourth-order valence-corrected chi connectivity index (χ4v) is 3.97. The van der Waals surface area contributed by atoms with Crippen molar-refractivity contribution >= 4 is 44.9 Å². The van der Waals surface area contributed by atoms with Crippen LogP contribution in [0.15, 0.2) is 36.5 Å². The molecule has 36 heavy (non-hydrogen) atoms. The fraction of sp³-hybridized carbons (Fsp3) is 0.273. The molecule has 3 heterocycles. The van der Waals surface area contributed by atoms with Crippen molar-refractivity contribution in [3.63, 3.8) is 0 Å². The molecule has 0 fully saturated rings. The number of carbonyl (C=O) groups is 1. The average Bonchev–Trinajstić information content (AvgIpc) is 3.14. The zero-order valence-corrected chi connectivity index (χ0v) is 20.3. The van der Waals surface area contributed by atoms with Gasteiger partial charge in [0.1, 0.15) is 17.2 Å². The molecular formula is C22H22F3N7O3S. The summed E-state index contributed by atoms with van der Waals surface area (Å²) in [6.07, 6.45) is -2.83. The number of benzene rings is 1. The predicted molar refractivity (Wildman–Crippen MR) is 129 cm³/mol. The molecule has 190 valence electrons. The number of rotatable bonds is 7. The van der Waals surface area contributed by atoms with Crippen molar-refractivity contribution < 1.29 is 26.4 Å². The highest BCUT2D eigenvalue weighted by molar-refractivity contribution is 7.92. The summed E-state index contributed by atoms with van der Waals surface area (Å²) in [5.74, 6) is -0.563. The first-order chi connectivity index (χ1) is 16.8. The average molecular weight is 522 g/mol. The number of amides is 1. The Bertz CT molecular complexity index is 1450. The lowest BCUT2D eigenvalue weighted by Gasteiger charge is -2.18. The normalized spacial score (nSPS) is 13.2. The number of aryl methyl sites for hydroxylation is 1. The van der Waals surface area contributed by atoms with Crippen LogP contribution in [0.2, 0.25) is 0 Å². The molecule has 1 aliphatic rings. The molecule has 0 radical (unpaired) electrons. The maximum atomic E-state index is 13.6. The van der Waals surface area contributed by atoms with Crippen molar-refractivity contribution in [3.8, 4) is 0 Å². The summed E-state index contributed by atoms with van der Waals surface area (Å²) >= 11 is 0. The van der Waals surface area contributed by atoms with Crippen LogP contribution in [0.25, 0.3) is 0 Å². The third-order valence-electron chi connectivity index (χ3n) is 5.35. The molecule has 1 amide bonds. The van der Waals surface area contributed by atoms with Crippen molar-refractivity contribution in [2.75, 3.05) is 33.6 Å². The maximum Gasteiger partial charge on any atom is 0.421 e. The molecule has 0 saturated carbocycles. The molecule has 0 bridgehead atoms. The molecule has 10 nitrogen and oxygen atoms in total. The molecule has 1 aromatic carbocycles. The molecule has 3 N–H and O–H groups in total. The third kappa shape index (κ3) is 5.64. The monoisotopic (exact) mass is 521 g/mol. The third-order valence-corrected chi connectivity index (χ3v) is 6.53. The van der Waals surface area contributed by atoms with Crippen LogP contribution in [0.4, 0.5) is 42.1 Å². The van der Waals surface area contributed by atoms with Gasteiger partial charge < -0.3 is 16.0 Å². The van der Waals surface area contributed by atoms with Gasteiger partial charge in [-0.3, -0.25) is 9.10 Å². The van der Waals surface area contributed by atoms with Gasteiger partial charge in [-0.2, -0.15) is 18.2 Å². The standard InChI is InChI=1S/C22H22F3N7O3S/c1-12-6-15(28-18(7-12)32(2)36(3,34)35)10-26-20-16(22(23,24)25)11-27-21(31-20)29-14-4-5-17-13(8-14)9-19(33)30-17/h4-8,11H,9-10H2,1-3H3,(H,30,33)(H2,26,27,29,31). The number of halogens is 3. The number of alkyl halides is 3. The lowest BCUT2D eigenvalue weighted by Crippen LogP contribution is -2.26. The Hall–Kier alpha value is -3.94. The molecule has 14 heteroatoms. The Morgan fingerprint density at radius 1 is 1.17 bits per heavy atom. The smallest absolute Gasteiger partial charge is 0.364 e. The largest absolute Gasteiger partial charge is 0.421 e. The molecule has 0 spiro atoms. The van der Waals surface area contributed by atoms with Crippen molar-refractivity contribution in [1.29, 1.82) is 0 Å². The van der Waals surface area contributed by atoms with Crippen molar-refractivity contribution in [2.45, 2.75) is 26.1 Å². The molecule has 0 aliphatic carbocycles. The highest BCUT2D eigenvalue weighted by Crippen LogP contribution is 2.35. The minimum atomic E-state index is -4.72. The van der Waals surface area contributed by atoms with Gasteiger partial charge >= 0.3 is 6.18 Å². The summed E-state index contributed by atoms with van der Waals surface area (Å²) in [5.41, 5.74) is 1.85. The Balaban J connectivity index is 1.59. The number of hydrogen-bond donors (Lipinski definition) is 3. The van der Waals surface area contributed by atoms with Gasteiger partial charge in [0.25, 0.3) is 0 Å². The van der Waals surface area contributed by atoms with Crippen LogP contribution < -0.4 is 20.3 Å². The summed E-state index contributed by atoms with van der Waals surface area (Å²) in [4.78, 5) is 23.6. The molecule has 1 aliphatic heterocycles. The molecule has 2 aromatic heterocycles. The Labute approximate surface area is 205 Å². The predicted octanol–water partition coefficient (Wildman–Crippen LogP) is 3.44.